The van der Waals surface area contributed by atoms with Gasteiger partial charge in [-0.15, -0.1) is 21.5 Å². The number of rotatable bonds is 6. The van der Waals surface area contributed by atoms with E-state index in [1.807, 2.05) is 60.0 Å². The molecule has 1 amide bonds. The molecule has 2 aromatic carbocycles. The lowest BCUT2D eigenvalue weighted by Crippen LogP contribution is -2.40. The second-order valence-electron chi connectivity index (χ2n) is 7.88. The Balaban J connectivity index is 1.17. The van der Waals surface area contributed by atoms with Gasteiger partial charge in [0, 0.05) is 24.3 Å². The third kappa shape index (κ3) is 4.61. The molecule has 0 spiro atoms. The largest absolute Gasteiger partial charge is 0.324 e. The van der Waals surface area contributed by atoms with Gasteiger partial charge in [0.2, 0.25) is 11.7 Å². The highest BCUT2D eigenvalue weighted by Gasteiger charge is 2.24. The standard InChI is InChI=1S/C24H24N6OS/c31-23(25-21-10-5-4-9-20(21)18-7-2-1-3-8-18)17-29-14-12-19(13-15-29)30-27-24(26-28-30)22-11-6-16-32-22/h1-11,16,19H,12-15,17H2,(H,25,31). The lowest BCUT2D eigenvalue weighted by atomic mass is 10.0. The van der Waals surface area contributed by atoms with Crippen molar-refractivity contribution in [3.8, 4) is 21.8 Å². The summed E-state index contributed by atoms with van der Waals surface area (Å²) in [6.07, 6.45) is 1.79. The number of tetrazole rings is 1. The van der Waals surface area contributed by atoms with Gasteiger partial charge < -0.3 is 5.32 Å². The van der Waals surface area contributed by atoms with Crippen LogP contribution in [0, 0.1) is 0 Å². The molecule has 0 bridgehead atoms. The van der Waals surface area contributed by atoms with Crippen molar-refractivity contribution in [3.63, 3.8) is 0 Å². The zero-order chi connectivity index (χ0) is 21.8. The number of aromatic nitrogens is 4. The van der Waals surface area contributed by atoms with Gasteiger partial charge in [-0.2, -0.15) is 4.80 Å². The van der Waals surface area contributed by atoms with E-state index in [0.717, 1.165) is 47.6 Å². The molecule has 1 aliphatic heterocycles. The smallest absolute Gasteiger partial charge is 0.238 e. The maximum absolute atomic E-state index is 12.8. The molecule has 8 heteroatoms. The number of nitrogens with zero attached hydrogens (tertiary/aromatic N) is 5. The van der Waals surface area contributed by atoms with E-state index >= 15 is 0 Å². The third-order valence-electron chi connectivity index (χ3n) is 5.71. The van der Waals surface area contributed by atoms with Gasteiger partial charge in [0.15, 0.2) is 0 Å². The second kappa shape index (κ2) is 9.42. The van der Waals surface area contributed by atoms with Gasteiger partial charge in [-0.1, -0.05) is 54.6 Å². The van der Waals surface area contributed by atoms with Crippen LogP contribution in [0.3, 0.4) is 0 Å². The highest BCUT2D eigenvalue weighted by Crippen LogP contribution is 2.28. The average Bonchev–Trinajstić information content (AvgIpc) is 3.53. The van der Waals surface area contributed by atoms with Gasteiger partial charge >= 0.3 is 0 Å². The quantitative estimate of drug-likeness (QED) is 0.479. The van der Waals surface area contributed by atoms with E-state index in [1.54, 1.807) is 16.1 Å². The molecule has 3 heterocycles. The minimum atomic E-state index is 0.00527. The van der Waals surface area contributed by atoms with E-state index in [1.165, 1.54) is 0 Å². The van der Waals surface area contributed by atoms with Gasteiger partial charge in [0.1, 0.15) is 0 Å². The van der Waals surface area contributed by atoms with Gasteiger partial charge in [-0.25, -0.2) is 0 Å². The summed E-state index contributed by atoms with van der Waals surface area (Å²) in [6, 6.07) is 22.2. The molecule has 0 atom stereocenters. The Bertz CT molecular complexity index is 1170. The van der Waals surface area contributed by atoms with Gasteiger partial charge in [0.25, 0.3) is 0 Å². The molecule has 0 unspecified atom stereocenters. The Hall–Kier alpha value is -3.36. The van der Waals surface area contributed by atoms with Crippen LogP contribution in [-0.4, -0.2) is 50.6 Å². The van der Waals surface area contributed by atoms with Crippen molar-refractivity contribution in [1.82, 2.24) is 25.1 Å². The highest BCUT2D eigenvalue weighted by molar-refractivity contribution is 7.13. The first-order valence-electron chi connectivity index (χ1n) is 10.8. The van der Waals surface area contributed by atoms with Crippen LogP contribution < -0.4 is 5.32 Å². The topological polar surface area (TPSA) is 75.9 Å². The number of nitrogens with one attached hydrogen (secondary N) is 1. The summed E-state index contributed by atoms with van der Waals surface area (Å²) in [5, 5.41) is 18.1. The van der Waals surface area contributed by atoms with Crippen LogP contribution in [-0.2, 0) is 4.79 Å². The van der Waals surface area contributed by atoms with E-state index in [-0.39, 0.29) is 11.9 Å². The van der Waals surface area contributed by atoms with Crippen LogP contribution in [0.4, 0.5) is 5.69 Å². The fourth-order valence-electron chi connectivity index (χ4n) is 4.05. The number of anilines is 1. The molecular weight excluding hydrogens is 420 g/mol. The Morgan fingerprint density at radius 2 is 1.78 bits per heavy atom. The maximum Gasteiger partial charge on any atom is 0.238 e. The van der Waals surface area contributed by atoms with Crippen molar-refractivity contribution in [2.75, 3.05) is 25.0 Å². The van der Waals surface area contributed by atoms with E-state index in [9.17, 15) is 4.79 Å². The summed E-state index contributed by atoms with van der Waals surface area (Å²) in [7, 11) is 0. The number of para-hydroxylation sites is 1. The first-order chi connectivity index (χ1) is 15.8. The van der Waals surface area contributed by atoms with Crippen molar-refractivity contribution in [3.05, 3.63) is 72.1 Å². The molecule has 1 fully saturated rings. The van der Waals surface area contributed by atoms with E-state index in [0.29, 0.717) is 12.4 Å². The Morgan fingerprint density at radius 3 is 2.56 bits per heavy atom. The number of thiophene rings is 1. The number of hydrogen-bond acceptors (Lipinski definition) is 6. The zero-order valence-electron chi connectivity index (χ0n) is 17.6. The monoisotopic (exact) mass is 444 g/mol. The number of hydrogen-bond donors (Lipinski definition) is 1. The van der Waals surface area contributed by atoms with E-state index in [4.69, 9.17) is 0 Å². The van der Waals surface area contributed by atoms with Gasteiger partial charge in [-0.05, 0) is 41.1 Å². The number of likely N-dealkylation sites (tertiary alicyclic amines) is 1. The van der Waals surface area contributed by atoms with Gasteiger partial charge in [0.05, 0.1) is 17.5 Å². The number of carbonyl (C=O) groups excluding carboxylic acids is 1. The summed E-state index contributed by atoms with van der Waals surface area (Å²) in [4.78, 5) is 17.7. The summed E-state index contributed by atoms with van der Waals surface area (Å²) in [6.45, 7) is 2.03. The van der Waals surface area contributed by atoms with Crippen molar-refractivity contribution in [2.24, 2.45) is 0 Å². The molecule has 1 N–H and O–H groups in total. The first kappa shape index (κ1) is 20.5. The zero-order valence-corrected chi connectivity index (χ0v) is 18.4. The lowest BCUT2D eigenvalue weighted by molar-refractivity contribution is -0.117. The Labute approximate surface area is 190 Å². The van der Waals surface area contributed by atoms with Crippen LogP contribution in [0.5, 0.6) is 0 Å². The molecule has 5 rings (SSSR count). The summed E-state index contributed by atoms with van der Waals surface area (Å²) in [5.41, 5.74) is 2.96. The predicted molar refractivity (Wildman–Crippen MR) is 126 cm³/mol. The van der Waals surface area contributed by atoms with Crippen LogP contribution in [0.1, 0.15) is 18.9 Å². The Kier molecular flexibility index (Phi) is 6.04. The van der Waals surface area contributed by atoms with E-state index in [2.05, 4.69) is 37.8 Å². The van der Waals surface area contributed by atoms with Crippen molar-refractivity contribution in [1.29, 1.82) is 0 Å². The van der Waals surface area contributed by atoms with Crippen LogP contribution in [0.25, 0.3) is 21.8 Å². The summed E-state index contributed by atoms with van der Waals surface area (Å²) in [5.74, 6) is 0.685. The second-order valence-corrected chi connectivity index (χ2v) is 8.83. The first-order valence-corrected chi connectivity index (χ1v) is 11.6. The van der Waals surface area contributed by atoms with Crippen LogP contribution in [0.15, 0.2) is 72.1 Å². The number of benzene rings is 2. The number of piperidine rings is 1. The SMILES string of the molecule is O=C(CN1CCC(n2nnc(-c3cccs3)n2)CC1)Nc1ccccc1-c1ccccc1. The number of carbonyl (C=O) groups is 1. The summed E-state index contributed by atoms with van der Waals surface area (Å²) < 4.78 is 0. The summed E-state index contributed by atoms with van der Waals surface area (Å²) >= 11 is 1.61. The van der Waals surface area contributed by atoms with E-state index < -0.39 is 0 Å². The molecule has 1 saturated heterocycles. The third-order valence-corrected chi connectivity index (χ3v) is 6.57. The normalized spacial score (nSPS) is 15.0. The van der Waals surface area contributed by atoms with Gasteiger partial charge in [-0.3, -0.25) is 9.69 Å². The molecule has 4 aromatic rings. The molecule has 7 nitrogen and oxygen atoms in total. The van der Waals surface area contributed by atoms with Crippen molar-refractivity contribution < 1.29 is 4.79 Å². The molecule has 0 aliphatic carbocycles. The highest BCUT2D eigenvalue weighted by atomic mass is 32.1. The minimum absolute atomic E-state index is 0.00527. The van der Waals surface area contributed by atoms with Crippen LogP contribution >= 0.6 is 11.3 Å². The average molecular weight is 445 g/mol. The molecule has 32 heavy (non-hydrogen) atoms. The molecule has 0 saturated carbocycles. The molecule has 162 valence electrons. The minimum Gasteiger partial charge on any atom is -0.324 e. The molecular formula is C24H24N6OS. The Morgan fingerprint density at radius 1 is 1.00 bits per heavy atom. The number of amides is 1. The fourth-order valence-corrected chi connectivity index (χ4v) is 4.69. The molecule has 2 aromatic heterocycles. The van der Waals surface area contributed by atoms with Crippen molar-refractivity contribution in [2.45, 2.75) is 18.9 Å². The maximum atomic E-state index is 12.8. The predicted octanol–water partition coefficient (Wildman–Crippen LogP) is 4.34. The van der Waals surface area contributed by atoms with Crippen LogP contribution in [0.2, 0.25) is 0 Å². The lowest BCUT2D eigenvalue weighted by Gasteiger charge is -2.30. The molecule has 0 radical (unpaired) electrons. The van der Waals surface area contributed by atoms with Crippen molar-refractivity contribution >= 4 is 22.9 Å². The fraction of sp³-hybridized carbons (Fsp3) is 0.250. The molecule has 1 aliphatic rings.